The third kappa shape index (κ3) is 3.95. The summed E-state index contributed by atoms with van der Waals surface area (Å²) < 4.78 is 26.5. The van der Waals surface area contributed by atoms with Gasteiger partial charge in [-0.15, -0.1) is 0 Å². The summed E-state index contributed by atoms with van der Waals surface area (Å²) in [6, 6.07) is 16.7. The normalized spacial score (nSPS) is 19.3. The van der Waals surface area contributed by atoms with Crippen LogP contribution in [0.2, 0.25) is 0 Å². The monoisotopic (exact) mass is 472 g/mol. The van der Waals surface area contributed by atoms with Gasteiger partial charge in [0.1, 0.15) is 11.6 Å². The van der Waals surface area contributed by atoms with Gasteiger partial charge in [-0.25, -0.2) is 9.37 Å². The zero-order valence-electron chi connectivity index (χ0n) is 19.7. The molecule has 0 radical (unpaired) electrons. The van der Waals surface area contributed by atoms with Crippen LogP contribution in [0.15, 0.2) is 54.6 Å². The van der Waals surface area contributed by atoms with Gasteiger partial charge in [-0.1, -0.05) is 55.3 Å². The number of carbonyl (C=O) groups excluding carboxylic acids is 1. The van der Waals surface area contributed by atoms with Crippen molar-refractivity contribution in [2.75, 3.05) is 24.7 Å². The molecule has 2 fully saturated rings. The molecule has 1 saturated heterocycles. The molecule has 2 aliphatic heterocycles. The summed E-state index contributed by atoms with van der Waals surface area (Å²) in [5, 5.41) is 0. The van der Waals surface area contributed by atoms with E-state index in [1.165, 1.54) is 17.7 Å². The van der Waals surface area contributed by atoms with Gasteiger partial charge in [0.05, 0.1) is 24.5 Å². The van der Waals surface area contributed by atoms with Gasteiger partial charge in [0.2, 0.25) is 5.79 Å². The van der Waals surface area contributed by atoms with Crippen molar-refractivity contribution in [3.8, 4) is 11.1 Å². The molecule has 1 spiro atoms. The first kappa shape index (κ1) is 22.4. The van der Waals surface area contributed by atoms with Crippen LogP contribution in [0.25, 0.3) is 11.1 Å². The van der Waals surface area contributed by atoms with Gasteiger partial charge in [0.25, 0.3) is 0 Å². The lowest BCUT2D eigenvalue weighted by Crippen LogP contribution is -2.42. The molecule has 0 N–H and O–H groups in total. The van der Waals surface area contributed by atoms with Crippen molar-refractivity contribution in [2.24, 2.45) is 0 Å². The molecule has 1 aliphatic carbocycles. The maximum Gasteiger partial charge on any atom is 0.200 e. The van der Waals surface area contributed by atoms with Crippen LogP contribution in [0.4, 0.5) is 10.2 Å². The van der Waals surface area contributed by atoms with Gasteiger partial charge < -0.3 is 14.4 Å². The highest BCUT2D eigenvalue weighted by molar-refractivity contribution is 5.93. The number of hydrogen-bond acceptors (Lipinski definition) is 5. The van der Waals surface area contributed by atoms with E-state index in [4.69, 9.17) is 14.5 Å². The van der Waals surface area contributed by atoms with Gasteiger partial charge in [0.15, 0.2) is 6.29 Å². The Hall–Kier alpha value is -3.09. The number of pyridine rings is 1. The van der Waals surface area contributed by atoms with Crippen LogP contribution in [-0.4, -0.2) is 31.0 Å². The fourth-order valence-electron chi connectivity index (χ4n) is 5.95. The number of rotatable bonds is 5. The number of ether oxygens (including phenoxy) is 2. The van der Waals surface area contributed by atoms with Gasteiger partial charge in [-0.2, -0.15) is 0 Å². The second kappa shape index (κ2) is 9.17. The standard InChI is InChI=1S/C29H29FN2O3/c30-23-12-10-21(11-13-23)25-24(19-33)27(22-8-4-5-9-22)31-28-26(25)29(34-16-17-35-29)14-15-32(28)18-20-6-2-1-3-7-20/h1-3,6-7,10-13,19,22H,4-5,8-9,14-18H2. The van der Waals surface area contributed by atoms with Crippen molar-refractivity contribution in [3.05, 3.63) is 82.8 Å². The second-order valence-corrected chi connectivity index (χ2v) is 9.70. The van der Waals surface area contributed by atoms with Crippen LogP contribution in [-0.2, 0) is 21.8 Å². The molecular weight excluding hydrogens is 443 g/mol. The number of aromatic nitrogens is 1. The van der Waals surface area contributed by atoms with Gasteiger partial charge in [-0.05, 0) is 36.1 Å². The summed E-state index contributed by atoms with van der Waals surface area (Å²) in [7, 11) is 0. The Labute approximate surface area is 204 Å². The largest absolute Gasteiger partial charge is 0.352 e. The molecule has 6 heteroatoms. The molecule has 3 heterocycles. The van der Waals surface area contributed by atoms with Crippen molar-refractivity contribution in [1.29, 1.82) is 0 Å². The first-order chi connectivity index (χ1) is 17.2. The Bertz CT molecular complexity index is 1220. The molecule has 1 aromatic heterocycles. The molecule has 0 amide bonds. The second-order valence-electron chi connectivity index (χ2n) is 9.70. The molecule has 5 nitrogen and oxygen atoms in total. The Balaban J connectivity index is 1.62. The highest BCUT2D eigenvalue weighted by Gasteiger charge is 2.48. The van der Waals surface area contributed by atoms with E-state index in [2.05, 4.69) is 17.0 Å². The summed E-state index contributed by atoms with van der Waals surface area (Å²) >= 11 is 0. The van der Waals surface area contributed by atoms with E-state index >= 15 is 0 Å². The molecule has 0 unspecified atom stereocenters. The molecule has 0 atom stereocenters. The molecule has 180 valence electrons. The number of halogens is 1. The minimum Gasteiger partial charge on any atom is -0.352 e. The number of fused-ring (bicyclic) bond motifs is 2. The first-order valence-corrected chi connectivity index (χ1v) is 12.5. The van der Waals surface area contributed by atoms with E-state index in [0.717, 1.165) is 66.7 Å². The Kier molecular flexibility index (Phi) is 5.86. The first-order valence-electron chi connectivity index (χ1n) is 12.5. The number of aldehydes is 1. The molecule has 2 aromatic carbocycles. The van der Waals surface area contributed by atoms with Crippen LogP contribution in [0, 0.1) is 5.82 Å². The van der Waals surface area contributed by atoms with Crippen molar-refractivity contribution >= 4 is 12.1 Å². The van der Waals surface area contributed by atoms with Crippen molar-refractivity contribution in [1.82, 2.24) is 4.98 Å². The molecule has 3 aromatic rings. The lowest BCUT2D eigenvalue weighted by atomic mass is 9.84. The fraction of sp³-hybridized carbons (Fsp3) is 0.379. The van der Waals surface area contributed by atoms with Gasteiger partial charge in [-0.3, -0.25) is 4.79 Å². The molecule has 1 saturated carbocycles. The number of benzene rings is 2. The minimum atomic E-state index is -0.953. The van der Waals surface area contributed by atoms with Crippen LogP contribution >= 0.6 is 0 Å². The predicted molar refractivity (Wildman–Crippen MR) is 132 cm³/mol. The van der Waals surface area contributed by atoms with Crippen LogP contribution in [0.3, 0.4) is 0 Å². The summed E-state index contributed by atoms with van der Waals surface area (Å²) in [5.74, 6) is -0.213. The highest BCUT2D eigenvalue weighted by atomic mass is 19.1. The highest BCUT2D eigenvalue weighted by Crippen LogP contribution is 2.51. The number of carbonyl (C=O) groups is 1. The molecule has 3 aliphatic rings. The van der Waals surface area contributed by atoms with E-state index in [1.807, 2.05) is 18.2 Å². The van der Waals surface area contributed by atoms with Crippen molar-refractivity contribution in [3.63, 3.8) is 0 Å². The molecular formula is C29H29FN2O3. The average Bonchev–Trinajstić information content (AvgIpc) is 3.59. The maximum absolute atomic E-state index is 13.9. The fourth-order valence-corrected chi connectivity index (χ4v) is 5.95. The summed E-state index contributed by atoms with van der Waals surface area (Å²) in [6.07, 6.45) is 5.87. The Morgan fingerprint density at radius 3 is 2.43 bits per heavy atom. The lowest BCUT2D eigenvalue weighted by Gasteiger charge is -2.42. The molecule has 6 rings (SSSR count). The quantitative estimate of drug-likeness (QED) is 0.429. The number of anilines is 1. The Morgan fingerprint density at radius 2 is 1.74 bits per heavy atom. The molecule has 35 heavy (non-hydrogen) atoms. The van der Waals surface area contributed by atoms with E-state index in [1.54, 1.807) is 12.1 Å². The zero-order chi connectivity index (χ0) is 23.8. The summed E-state index contributed by atoms with van der Waals surface area (Å²) in [6.45, 7) is 2.40. The zero-order valence-corrected chi connectivity index (χ0v) is 19.7. The van der Waals surface area contributed by atoms with E-state index in [0.29, 0.717) is 31.7 Å². The third-order valence-corrected chi connectivity index (χ3v) is 7.60. The number of nitrogens with zero attached hydrogens (tertiary/aromatic N) is 2. The summed E-state index contributed by atoms with van der Waals surface area (Å²) in [5.41, 5.74) is 4.98. The van der Waals surface area contributed by atoms with Crippen LogP contribution in [0.1, 0.15) is 65.2 Å². The average molecular weight is 473 g/mol. The van der Waals surface area contributed by atoms with Crippen molar-refractivity contribution < 1.29 is 18.7 Å². The smallest absolute Gasteiger partial charge is 0.200 e. The third-order valence-electron chi connectivity index (χ3n) is 7.60. The van der Waals surface area contributed by atoms with Gasteiger partial charge >= 0.3 is 0 Å². The SMILES string of the molecule is O=Cc1c(C2CCCC2)nc2c(c1-c1ccc(F)cc1)C1(CCN2Cc2ccccc2)OCCO1. The minimum absolute atomic E-state index is 0.238. The van der Waals surface area contributed by atoms with Crippen LogP contribution in [0.5, 0.6) is 0 Å². The summed E-state index contributed by atoms with van der Waals surface area (Å²) in [4.78, 5) is 20.2. The van der Waals surface area contributed by atoms with Gasteiger partial charge in [0, 0.05) is 36.6 Å². The number of hydrogen-bond donors (Lipinski definition) is 0. The lowest BCUT2D eigenvalue weighted by molar-refractivity contribution is -0.171. The Morgan fingerprint density at radius 1 is 1.03 bits per heavy atom. The topological polar surface area (TPSA) is 51.7 Å². The van der Waals surface area contributed by atoms with Crippen molar-refractivity contribution in [2.45, 2.75) is 50.4 Å². The van der Waals surface area contributed by atoms with Crippen LogP contribution < -0.4 is 4.90 Å². The molecule has 0 bridgehead atoms. The van der Waals surface area contributed by atoms with E-state index < -0.39 is 5.79 Å². The maximum atomic E-state index is 13.9. The predicted octanol–water partition coefficient (Wildman–Crippen LogP) is 5.97. The van der Waals surface area contributed by atoms with E-state index in [-0.39, 0.29) is 11.7 Å². The van der Waals surface area contributed by atoms with E-state index in [9.17, 15) is 9.18 Å².